The number of halogens is 1. The van der Waals surface area contributed by atoms with Crippen LogP contribution >= 0.6 is 0 Å². The van der Waals surface area contributed by atoms with Crippen LogP contribution in [-0.4, -0.2) is 45.2 Å². The van der Waals surface area contributed by atoms with Crippen molar-refractivity contribution in [1.29, 1.82) is 0 Å². The summed E-state index contributed by atoms with van der Waals surface area (Å²) in [5.41, 5.74) is 1.61. The summed E-state index contributed by atoms with van der Waals surface area (Å²) in [4.78, 5) is 27.2. The van der Waals surface area contributed by atoms with Crippen LogP contribution in [0.3, 0.4) is 0 Å². The van der Waals surface area contributed by atoms with Crippen molar-refractivity contribution in [3.05, 3.63) is 81.4 Å². The van der Waals surface area contributed by atoms with Crippen molar-refractivity contribution in [1.82, 2.24) is 34.3 Å². The molecule has 0 aliphatic heterocycles. The van der Waals surface area contributed by atoms with Crippen LogP contribution < -0.4 is 5.32 Å². The Balaban J connectivity index is 1.40. The van der Waals surface area contributed by atoms with Gasteiger partial charge in [0, 0.05) is 6.20 Å². The van der Waals surface area contributed by atoms with Crippen LogP contribution in [0.15, 0.2) is 42.9 Å². The highest BCUT2D eigenvalue weighted by Crippen LogP contribution is 2.21. The number of hydrogen-bond donors (Lipinski definition) is 1. The van der Waals surface area contributed by atoms with E-state index in [1.807, 2.05) is 0 Å². The Kier molecular flexibility index (Phi) is 5.45. The van der Waals surface area contributed by atoms with Crippen LogP contribution in [0, 0.1) is 29.8 Å². The van der Waals surface area contributed by atoms with E-state index in [1.54, 1.807) is 32.2 Å². The number of nitro groups is 1. The third-order valence-electron chi connectivity index (χ3n) is 4.70. The fourth-order valence-electron chi connectivity index (χ4n) is 3.16. The number of nitrogens with one attached hydrogen (secondary N) is 1. The second-order valence-electron chi connectivity index (χ2n) is 7.00. The number of aryl methyl sites for hydroxylation is 1. The van der Waals surface area contributed by atoms with Crippen LogP contribution in [0.2, 0.25) is 0 Å². The van der Waals surface area contributed by atoms with Crippen LogP contribution in [0.5, 0.6) is 0 Å². The predicted octanol–water partition coefficient (Wildman–Crippen LogP) is 2.14. The minimum Gasteiger partial charge on any atom is -0.288 e. The normalized spacial score (nSPS) is 11.0. The van der Waals surface area contributed by atoms with E-state index in [1.165, 1.54) is 38.6 Å². The molecule has 1 aromatic carbocycles. The molecule has 4 rings (SSSR count). The van der Waals surface area contributed by atoms with Crippen LogP contribution in [0.1, 0.15) is 27.4 Å². The molecule has 0 atom stereocenters. The van der Waals surface area contributed by atoms with Crippen molar-refractivity contribution in [3.8, 4) is 0 Å². The van der Waals surface area contributed by atoms with E-state index in [0.717, 1.165) is 5.56 Å². The van der Waals surface area contributed by atoms with Gasteiger partial charge in [-0.3, -0.25) is 24.9 Å². The monoisotopic (exact) mass is 439 g/mol. The smallest absolute Gasteiger partial charge is 0.288 e. The average molecular weight is 439 g/mol. The zero-order valence-electron chi connectivity index (χ0n) is 17.1. The van der Waals surface area contributed by atoms with Gasteiger partial charge in [0.1, 0.15) is 30.2 Å². The fraction of sp³-hybridized carbons (Fsp3) is 0.211. The zero-order valence-corrected chi connectivity index (χ0v) is 17.1. The van der Waals surface area contributed by atoms with Gasteiger partial charge in [0.2, 0.25) is 5.95 Å². The van der Waals surface area contributed by atoms with Crippen molar-refractivity contribution in [2.24, 2.45) is 0 Å². The van der Waals surface area contributed by atoms with Crippen LogP contribution in [-0.2, 0) is 13.2 Å². The van der Waals surface area contributed by atoms with E-state index < -0.39 is 10.8 Å². The zero-order chi connectivity index (χ0) is 22.8. The van der Waals surface area contributed by atoms with Crippen molar-refractivity contribution in [2.75, 3.05) is 5.32 Å². The molecule has 164 valence electrons. The molecule has 0 radical (unpaired) electrons. The number of carbonyl (C=O) groups excluding carboxylic acids is 1. The van der Waals surface area contributed by atoms with Crippen LogP contribution in [0.4, 0.5) is 16.0 Å². The number of hydrogen-bond acceptors (Lipinski definition) is 7. The second kappa shape index (κ2) is 8.37. The van der Waals surface area contributed by atoms with Gasteiger partial charge in [-0.2, -0.15) is 10.2 Å². The Morgan fingerprint density at radius 1 is 1.12 bits per heavy atom. The van der Waals surface area contributed by atoms with Gasteiger partial charge in [-0.05, 0) is 37.6 Å². The summed E-state index contributed by atoms with van der Waals surface area (Å²) in [7, 11) is 0. The Morgan fingerprint density at radius 2 is 1.88 bits per heavy atom. The van der Waals surface area contributed by atoms with E-state index in [9.17, 15) is 19.3 Å². The molecular formula is C19H18FN9O3. The molecule has 13 heteroatoms. The average Bonchev–Trinajstić information content (AvgIpc) is 3.44. The Hall–Kier alpha value is -4.42. The number of benzene rings is 1. The van der Waals surface area contributed by atoms with Crippen molar-refractivity contribution < 1.29 is 14.1 Å². The standard InChI is InChI=1S/C19H18FN9O3/c1-12-17(29(31)32)13(2)28(23-12)11-26-8-7-16(24-26)18(30)22-19-21-10-27(25-19)9-14-3-5-15(20)6-4-14/h3-8,10H,9,11H2,1-2H3,(H,22,25,30). The predicted molar refractivity (Wildman–Crippen MR) is 109 cm³/mol. The molecule has 1 N–H and O–H groups in total. The molecule has 32 heavy (non-hydrogen) atoms. The van der Waals surface area contributed by atoms with Crippen molar-refractivity contribution in [3.63, 3.8) is 0 Å². The SMILES string of the molecule is Cc1nn(Cn2ccc(C(=O)Nc3ncn(Cc4ccc(F)cc4)n3)n2)c(C)c1[N+](=O)[O-]. The first kappa shape index (κ1) is 20.8. The molecule has 0 spiro atoms. The number of aromatic nitrogens is 7. The molecule has 0 aliphatic carbocycles. The lowest BCUT2D eigenvalue weighted by Crippen LogP contribution is -2.16. The maximum Gasteiger partial charge on any atom is 0.312 e. The lowest BCUT2D eigenvalue weighted by atomic mass is 10.2. The third kappa shape index (κ3) is 4.35. The highest BCUT2D eigenvalue weighted by atomic mass is 19.1. The number of carbonyl (C=O) groups is 1. The van der Waals surface area contributed by atoms with Gasteiger partial charge in [0.25, 0.3) is 5.91 Å². The maximum atomic E-state index is 13.0. The van der Waals surface area contributed by atoms with Crippen LogP contribution in [0.25, 0.3) is 0 Å². The molecule has 12 nitrogen and oxygen atoms in total. The van der Waals surface area contributed by atoms with Crippen molar-refractivity contribution >= 4 is 17.5 Å². The number of anilines is 1. The van der Waals surface area contributed by atoms with E-state index in [0.29, 0.717) is 17.9 Å². The van der Waals surface area contributed by atoms with E-state index in [-0.39, 0.29) is 29.8 Å². The minimum atomic E-state index is -0.511. The molecule has 1 amide bonds. The number of rotatable bonds is 7. The number of amides is 1. The molecule has 0 unspecified atom stereocenters. The number of nitrogens with zero attached hydrogens (tertiary/aromatic N) is 8. The molecule has 4 aromatic rings. The highest BCUT2D eigenvalue weighted by Gasteiger charge is 2.22. The van der Waals surface area contributed by atoms with Gasteiger partial charge in [-0.15, -0.1) is 5.10 Å². The van der Waals surface area contributed by atoms with Gasteiger partial charge in [0.15, 0.2) is 5.69 Å². The summed E-state index contributed by atoms with van der Waals surface area (Å²) in [6.07, 6.45) is 3.02. The Bertz CT molecular complexity index is 1290. The largest absolute Gasteiger partial charge is 0.312 e. The first-order valence-corrected chi connectivity index (χ1v) is 9.47. The Labute approximate surface area is 180 Å². The van der Waals surface area contributed by atoms with Gasteiger partial charge in [0.05, 0.1) is 11.5 Å². The van der Waals surface area contributed by atoms with Gasteiger partial charge in [-0.1, -0.05) is 12.1 Å². The van der Waals surface area contributed by atoms with E-state index in [4.69, 9.17) is 0 Å². The summed E-state index contributed by atoms with van der Waals surface area (Å²) < 4.78 is 17.4. The molecular weight excluding hydrogens is 421 g/mol. The molecule has 0 saturated carbocycles. The van der Waals surface area contributed by atoms with Crippen molar-refractivity contribution in [2.45, 2.75) is 27.1 Å². The summed E-state index contributed by atoms with van der Waals surface area (Å²) in [6.45, 7) is 3.64. The van der Waals surface area contributed by atoms with Gasteiger partial charge >= 0.3 is 5.69 Å². The third-order valence-corrected chi connectivity index (χ3v) is 4.70. The molecule has 0 bridgehead atoms. The lowest BCUT2D eigenvalue weighted by Gasteiger charge is -2.03. The topological polar surface area (TPSA) is 139 Å². The molecule has 0 aliphatic rings. The van der Waals surface area contributed by atoms with Gasteiger partial charge < -0.3 is 0 Å². The quantitative estimate of drug-likeness (QED) is 0.344. The minimum absolute atomic E-state index is 0.0441. The Morgan fingerprint density at radius 3 is 2.56 bits per heavy atom. The first-order valence-electron chi connectivity index (χ1n) is 9.47. The summed E-state index contributed by atoms with van der Waals surface area (Å²) in [5, 5.41) is 26.2. The second-order valence-corrected chi connectivity index (χ2v) is 7.00. The highest BCUT2D eigenvalue weighted by molar-refractivity contribution is 6.01. The molecule has 0 saturated heterocycles. The lowest BCUT2D eigenvalue weighted by molar-refractivity contribution is -0.386. The van der Waals surface area contributed by atoms with E-state index in [2.05, 4.69) is 25.6 Å². The molecule has 3 aromatic heterocycles. The summed E-state index contributed by atoms with van der Waals surface area (Å²) in [5.74, 6) is -0.737. The molecule has 0 fully saturated rings. The fourth-order valence-corrected chi connectivity index (χ4v) is 3.16. The first-order chi connectivity index (χ1) is 15.3. The molecule has 3 heterocycles. The summed E-state index contributed by atoms with van der Waals surface area (Å²) in [6, 6.07) is 7.49. The van der Waals surface area contributed by atoms with E-state index >= 15 is 0 Å². The maximum absolute atomic E-state index is 13.0. The summed E-state index contributed by atoms with van der Waals surface area (Å²) >= 11 is 0. The van der Waals surface area contributed by atoms with Gasteiger partial charge in [-0.25, -0.2) is 18.7 Å².